The van der Waals surface area contributed by atoms with Gasteiger partial charge in [0, 0.05) is 29.7 Å². The molecule has 2 heterocycles. The number of hydrogen-bond acceptors (Lipinski definition) is 3. The van der Waals surface area contributed by atoms with Crippen LogP contribution in [0, 0.1) is 6.92 Å². The Kier molecular flexibility index (Phi) is 4.42. The number of halogens is 2. The Morgan fingerprint density at radius 3 is 2.42 bits per heavy atom. The summed E-state index contributed by atoms with van der Waals surface area (Å²) in [6.07, 6.45) is 5.22. The summed E-state index contributed by atoms with van der Waals surface area (Å²) >= 11 is 12.1. The van der Waals surface area contributed by atoms with Crippen LogP contribution in [0.25, 0.3) is 5.69 Å². The van der Waals surface area contributed by atoms with Crippen molar-refractivity contribution in [2.45, 2.75) is 25.7 Å². The Morgan fingerprint density at radius 2 is 1.81 bits per heavy atom. The summed E-state index contributed by atoms with van der Waals surface area (Å²) in [5.41, 5.74) is 4.09. The van der Waals surface area contributed by atoms with Crippen LogP contribution in [0.15, 0.2) is 42.7 Å². The van der Waals surface area contributed by atoms with Crippen LogP contribution in [0.5, 0.6) is 0 Å². The first-order valence-electron chi connectivity index (χ1n) is 8.30. The van der Waals surface area contributed by atoms with E-state index in [2.05, 4.69) is 21.5 Å². The zero-order valence-corrected chi connectivity index (χ0v) is 15.6. The van der Waals surface area contributed by atoms with E-state index in [1.165, 1.54) is 30.9 Å². The first-order valence-corrected chi connectivity index (χ1v) is 9.06. The SMILES string of the molecule is Cc1cc(C2CC2)n(-c2ccc(NC(=O)c3c(Cl)cncc3Cl)cc2)n1. The number of aromatic nitrogens is 3. The van der Waals surface area contributed by atoms with Gasteiger partial charge in [0.1, 0.15) is 0 Å². The second-order valence-electron chi connectivity index (χ2n) is 6.38. The maximum Gasteiger partial charge on any atom is 0.258 e. The van der Waals surface area contributed by atoms with Crippen molar-refractivity contribution < 1.29 is 4.79 Å². The minimum absolute atomic E-state index is 0.214. The first kappa shape index (κ1) is 17.1. The monoisotopic (exact) mass is 386 g/mol. The highest BCUT2D eigenvalue weighted by molar-refractivity contribution is 6.40. The van der Waals surface area contributed by atoms with Crippen LogP contribution in [0.4, 0.5) is 5.69 Å². The number of nitrogens with zero attached hydrogens (tertiary/aromatic N) is 3. The third-order valence-electron chi connectivity index (χ3n) is 4.30. The minimum Gasteiger partial charge on any atom is -0.322 e. The van der Waals surface area contributed by atoms with Crippen molar-refractivity contribution in [1.82, 2.24) is 14.8 Å². The number of carbonyl (C=O) groups is 1. The van der Waals surface area contributed by atoms with Gasteiger partial charge in [-0.1, -0.05) is 23.2 Å². The average molecular weight is 387 g/mol. The summed E-state index contributed by atoms with van der Waals surface area (Å²) in [6.45, 7) is 2.00. The van der Waals surface area contributed by atoms with Gasteiger partial charge in [-0.2, -0.15) is 5.10 Å². The third-order valence-corrected chi connectivity index (χ3v) is 4.88. The predicted molar refractivity (Wildman–Crippen MR) is 102 cm³/mol. The fourth-order valence-electron chi connectivity index (χ4n) is 2.90. The second-order valence-corrected chi connectivity index (χ2v) is 7.19. The number of rotatable bonds is 4. The molecule has 3 aromatic rings. The fourth-order valence-corrected chi connectivity index (χ4v) is 3.44. The zero-order valence-electron chi connectivity index (χ0n) is 14.0. The Balaban J connectivity index is 1.56. The number of benzene rings is 1. The molecule has 1 aromatic carbocycles. The van der Waals surface area contributed by atoms with Crippen LogP contribution in [0.3, 0.4) is 0 Å². The molecule has 2 aromatic heterocycles. The van der Waals surface area contributed by atoms with Gasteiger partial charge < -0.3 is 5.32 Å². The van der Waals surface area contributed by atoms with Crippen LogP contribution in [-0.2, 0) is 0 Å². The summed E-state index contributed by atoms with van der Waals surface area (Å²) in [7, 11) is 0. The van der Waals surface area contributed by atoms with E-state index < -0.39 is 0 Å². The number of pyridine rings is 1. The molecule has 132 valence electrons. The molecule has 1 N–H and O–H groups in total. The van der Waals surface area contributed by atoms with Crippen molar-refractivity contribution in [1.29, 1.82) is 0 Å². The molecule has 1 saturated carbocycles. The maximum absolute atomic E-state index is 12.4. The van der Waals surface area contributed by atoms with E-state index >= 15 is 0 Å². The zero-order chi connectivity index (χ0) is 18.3. The van der Waals surface area contributed by atoms with Crippen LogP contribution >= 0.6 is 23.2 Å². The molecule has 1 fully saturated rings. The van der Waals surface area contributed by atoms with Crippen LogP contribution < -0.4 is 5.32 Å². The molecule has 0 saturated heterocycles. The van der Waals surface area contributed by atoms with E-state index in [0.717, 1.165) is 11.4 Å². The van der Waals surface area contributed by atoms with Crippen molar-refractivity contribution in [3.8, 4) is 5.69 Å². The number of carbonyl (C=O) groups excluding carboxylic acids is 1. The van der Waals surface area contributed by atoms with Gasteiger partial charge in [0.2, 0.25) is 0 Å². The largest absolute Gasteiger partial charge is 0.322 e. The number of aryl methyl sites for hydroxylation is 1. The van der Waals surface area contributed by atoms with E-state index in [-0.39, 0.29) is 21.5 Å². The molecule has 1 amide bonds. The standard InChI is InChI=1S/C19H16Cl2N4O/c1-11-8-17(12-2-3-12)25(24-11)14-6-4-13(5-7-14)23-19(26)18-15(20)9-22-10-16(18)21/h4-10,12H,2-3H2,1H3,(H,23,26). The van der Waals surface area contributed by atoms with Crippen molar-refractivity contribution in [3.63, 3.8) is 0 Å². The van der Waals surface area contributed by atoms with E-state index in [1.807, 2.05) is 35.9 Å². The smallest absolute Gasteiger partial charge is 0.258 e. The van der Waals surface area contributed by atoms with Gasteiger partial charge in [-0.25, -0.2) is 4.68 Å². The number of hydrogen-bond donors (Lipinski definition) is 1. The third kappa shape index (κ3) is 3.32. The lowest BCUT2D eigenvalue weighted by Crippen LogP contribution is -2.13. The summed E-state index contributed by atoms with van der Waals surface area (Å²) in [6, 6.07) is 9.68. The summed E-state index contributed by atoms with van der Waals surface area (Å²) in [5, 5.41) is 7.83. The van der Waals surface area contributed by atoms with Gasteiger partial charge in [0.25, 0.3) is 5.91 Å². The molecule has 1 aliphatic carbocycles. The van der Waals surface area contributed by atoms with E-state index in [1.54, 1.807) is 0 Å². The Hall–Kier alpha value is -2.37. The van der Waals surface area contributed by atoms with Crippen molar-refractivity contribution in [2.75, 3.05) is 5.32 Å². The molecule has 5 nitrogen and oxygen atoms in total. The predicted octanol–water partition coefficient (Wildman–Crippen LogP) is 5.01. The average Bonchev–Trinajstić information content (AvgIpc) is 3.37. The van der Waals surface area contributed by atoms with Crippen molar-refractivity contribution in [3.05, 3.63) is 69.7 Å². The van der Waals surface area contributed by atoms with Crippen molar-refractivity contribution >= 4 is 34.8 Å². The molecule has 0 bridgehead atoms. The molecule has 7 heteroatoms. The highest BCUT2D eigenvalue weighted by atomic mass is 35.5. The van der Waals surface area contributed by atoms with E-state index in [9.17, 15) is 4.79 Å². The topological polar surface area (TPSA) is 59.8 Å². The lowest BCUT2D eigenvalue weighted by atomic mass is 10.2. The fraction of sp³-hybridized carbons (Fsp3) is 0.211. The van der Waals surface area contributed by atoms with Gasteiger partial charge in [0.15, 0.2) is 0 Å². The Bertz CT molecular complexity index is 957. The number of anilines is 1. The molecular formula is C19H16Cl2N4O. The van der Waals surface area contributed by atoms with Crippen molar-refractivity contribution in [2.24, 2.45) is 0 Å². The van der Waals surface area contributed by atoms with Gasteiger partial charge in [-0.3, -0.25) is 9.78 Å². The molecule has 0 atom stereocenters. The first-order chi connectivity index (χ1) is 12.5. The lowest BCUT2D eigenvalue weighted by Gasteiger charge is -2.10. The molecule has 0 radical (unpaired) electrons. The van der Waals surface area contributed by atoms with Gasteiger partial charge in [-0.05, 0) is 50.1 Å². The molecule has 1 aliphatic rings. The molecular weight excluding hydrogens is 371 g/mol. The minimum atomic E-state index is -0.372. The quantitative estimate of drug-likeness (QED) is 0.685. The van der Waals surface area contributed by atoms with Crippen LogP contribution in [-0.4, -0.2) is 20.7 Å². The normalized spacial score (nSPS) is 13.7. The Labute approximate surface area is 161 Å². The maximum atomic E-state index is 12.4. The Morgan fingerprint density at radius 1 is 1.15 bits per heavy atom. The molecule has 26 heavy (non-hydrogen) atoms. The van der Waals surface area contributed by atoms with E-state index in [0.29, 0.717) is 11.6 Å². The summed E-state index contributed by atoms with van der Waals surface area (Å²) < 4.78 is 1.98. The molecule has 0 spiro atoms. The highest BCUT2D eigenvalue weighted by Crippen LogP contribution is 2.41. The van der Waals surface area contributed by atoms with Gasteiger partial charge in [-0.15, -0.1) is 0 Å². The van der Waals surface area contributed by atoms with Crippen LogP contribution in [0.2, 0.25) is 10.0 Å². The van der Waals surface area contributed by atoms with Gasteiger partial charge in [0.05, 0.1) is 27.0 Å². The summed E-state index contributed by atoms with van der Waals surface area (Å²) in [4.78, 5) is 16.3. The molecule has 0 aliphatic heterocycles. The van der Waals surface area contributed by atoms with E-state index in [4.69, 9.17) is 23.2 Å². The summed E-state index contributed by atoms with van der Waals surface area (Å²) in [5.74, 6) is 0.232. The molecule has 4 rings (SSSR count). The lowest BCUT2D eigenvalue weighted by molar-refractivity contribution is 0.102. The second kappa shape index (κ2) is 6.74. The van der Waals surface area contributed by atoms with Gasteiger partial charge >= 0.3 is 0 Å². The van der Waals surface area contributed by atoms with Crippen LogP contribution in [0.1, 0.15) is 40.5 Å². The number of amides is 1. The highest BCUT2D eigenvalue weighted by Gasteiger charge is 2.28. The molecule has 0 unspecified atom stereocenters. The number of nitrogens with one attached hydrogen (secondary N) is 1.